The number of carboxylic acids is 1. The van der Waals surface area contributed by atoms with E-state index >= 15 is 0 Å². The van der Waals surface area contributed by atoms with E-state index in [1.807, 2.05) is 0 Å². The molecular weight excluding hydrogens is 236 g/mol. The van der Waals surface area contributed by atoms with Crippen LogP contribution in [-0.4, -0.2) is 47.3 Å². The van der Waals surface area contributed by atoms with E-state index in [-0.39, 0.29) is 12.5 Å². The van der Waals surface area contributed by atoms with E-state index in [0.717, 1.165) is 0 Å². The molecule has 1 amide bonds. The fraction of sp³-hybridized carbons (Fsp3) is 0.833. The Hall–Kier alpha value is -1.30. The zero-order valence-corrected chi connectivity index (χ0v) is 11.2. The van der Waals surface area contributed by atoms with Crippen molar-refractivity contribution in [2.45, 2.75) is 32.8 Å². The number of nitrogens with zero attached hydrogens (tertiary/aromatic N) is 1. The number of carboxylic acid groups (broad SMARTS) is 1. The summed E-state index contributed by atoms with van der Waals surface area (Å²) in [5, 5.41) is 9.14. The summed E-state index contributed by atoms with van der Waals surface area (Å²) in [7, 11) is 0. The van der Waals surface area contributed by atoms with Crippen LogP contribution in [0.25, 0.3) is 0 Å². The minimum Gasteiger partial charge on any atom is -0.481 e. The first kappa shape index (κ1) is 14.8. The molecule has 6 nitrogen and oxygen atoms in total. The summed E-state index contributed by atoms with van der Waals surface area (Å²) < 4.78 is 5.24. The van der Waals surface area contributed by atoms with Gasteiger partial charge in [-0.15, -0.1) is 0 Å². The number of carbonyl (C=O) groups is 2. The number of ether oxygens (including phenoxy) is 1. The summed E-state index contributed by atoms with van der Waals surface area (Å²) in [5.41, 5.74) is 4.99. The van der Waals surface area contributed by atoms with Gasteiger partial charge in [0.2, 0.25) is 0 Å². The van der Waals surface area contributed by atoms with Gasteiger partial charge in [0.15, 0.2) is 0 Å². The summed E-state index contributed by atoms with van der Waals surface area (Å²) in [6.45, 7) is 6.36. The second-order valence-corrected chi connectivity index (χ2v) is 5.66. The highest BCUT2D eigenvalue weighted by Crippen LogP contribution is 2.24. The molecule has 0 saturated carbocycles. The Kier molecular flexibility index (Phi) is 4.56. The molecule has 3 N–H and O–H groups in total. The number of nitrogens with two attached hydrogens (primary N) is 1. The molecule has 104 valence electrons. The molecule has 1 rings (SSSR count). The fourth-order valence-electron chi connectivity index (χ4n) is 2.05. The molecule has 1 heterocycles. The van der Waals surface area contributed by atoms with E-state index in [1.165, 1.54) is 4.90 Å². The minimum absolute atomic E-state index is 0.0683. The van der Waals surface area contributed by atoms with E-state index in [1.54, 1.807) is 20.8 Å². The molecule has 0 unspecified atom stereocenters. The van der Waals surface area contributed by atoms with Crippen molar-refractivity contribution in [2.24, 2.45) is 17.6 Å². The maximum Gasteiger partial charge on any atom is 0.410 e. The summed E-state index contributed by atoms with van der Waals surface area (Å²) >= 11 is 0. The highest BCUT2D eigenvalue weighted by atomic mass is 16.6. The van der Waals surface area contributed by atoms with Crippen LogP contribution in [0.5, 0.6) is 0 Å². The van der Waals surface area contributed by atoms with Gasteiger partial charge in [0.1, 0.15) is 5.60 Å². The fourth-order valence-corrected chi connectivity index (χ4v) is 2.05. The maximum atomic E-state index is 11.9. The van der Waals surface area contributed by atoms with E-state index in [4.69, 9.17) is 15.6 Å². The highest BCUT2D eigenvalue weighted by molar-refractivity contribution is 5.73. The third-order valence-electron chi connectivity index (χ3n) is 3.03. The standard InChI is InChI=1S/C12H22N2O4/c1-12(2,3)18-11(17)14-5-4-8(6-13)9(7-14)10(15)16/h8-9H,4-7,13H2,1-3H3,(H,15,16)/t8-,9-/m0/s1. The van der Waals surface area contributed by atoms with Gasteiger partial charge in [-0.3, -0.25) is 4.79 Å². The van der Waals surface area contributed by atoms with Crippen LogP contribution in [0, 0.1) is 11.8 Å². The number of piperidine rings is 1. The molecule has 1 fully saturated rings. The normalized spacial score (nSPS) is 24.8. The van der Waals surface area contributed by atoms with Crippen LogP contribution < -0.4 is 5.73 Å². The van der Waals surface area contributed by atoms with Gasteiger partial charge in [-0.25, -0.2) is 4.79 Å². The molecule has 0 aliphatic carbocycles. The first-order chi connectivity index (χ1) is 8.24. The average Bonchev–Trinajstić information content (AvgIpc) is 2.25. The van der Waals surface area contributed by atoms with E-state index in [9.17, 15) is 9.59 Å². The van der Waals surface area contributed by atoms with Crippen molar-refractivity contribution in [3.8, 4) is 0 Å². The van der Waals surface area contributed by atoms with Crippen LogP contribution in [0.2, 0.25) is 0 Å². The lowest BCUT2D eigenvalue weighted by atomic mass is 9.86. The summed E-state index contributed by atoms with van der Waals surface area (Å²) in [6, 6.07) is 0. The molecule has 18 heavy (non-hydrogen) atoms. The van der Waals surface area contributed by atoms with E-state index < -0.39 is 23.6 Å². The molecule has 0 aromatic heterocycles. The molecule has 1 saturated heterocycles. The SMILES string of the molecule is CC(C)(C)OC(=O)N1CC[C@@H](CN)[C@@H](C(=O)O)C1. The predicted octanol–water partition coefficient (Wildman–Crippen LogP) is 0.903. The van der Waals surface area contributed by atoms with E-state index in [2.05, 4.69) is 0 Å². The van der Waals surface area contributed by atoms with Gasteiger partial charge in [-0.2, -0.15) is 0 Å². The van der Waals surface area contributed by atoms with Crippen molar-refractivity contribution in [1.29, 1.82) is 0 Å². The zero-order chi connectivity index (χ0) is 13.9. The molecule has 0 aromatic carbocycles. The molecule has 0 radical (unpaired) electrons. The second-order valence-electron chi connectivity index (χ2n) is 5.66. The van der Waals surface area contributed by atoms with Crippen LogP contribution in [0.15, 0.2) is 0 Å². The van der Waals surface area contributed by atoms with Gasteiger partial charge in [0, 0.05) is 13.1 Å². The second kappa shape index (κ2) is 5.56. The first-order valence-electron chi connectivity index (χ1n) is 6.15. The van der Waals surface area contributed by atoms with Crippen LogP contribution in [-0.2, 0) is 9.53 Å². The van der Waals surface area contributed by atoms with Crippen molar-refractivity contribution in [3.05, 3.63) is 0 Å². The molecule has 6 heteroatoms. The number of amides is 1. The van der Waals surface area contributed by atoms with Gasteiger partial charge >= 0.3 is 12.1 Å². The predicted molar refractivity (Wildman–Crippen MR) is 66.1 cm³/mol. The molecule has 0 bridgehead atoms. The van der Waals surface area contributed by atoms with Crippen LogP contribution >= 0.6 is 0 Å². The maximum absolute atomic E-state index is 11.9. The lowest BCUT2D eigenvalue weighted by molar-refractivity contribution is -0.145. The Morgan fingerprint density at radius 2 is 2.06 bits per heavy atom. The lowest BCUT2D eigenvalue weighted by Gasteiger charge is -2.36. The van der Waals surface area contributed by atoms with Crippen molar-refractivity contribution in [1.82, 2.24) is 4.90 Å². The number of hydrogen-bond donors (Lipinski definition) is 2. The molecule has 2 atom stereocenters. The summed E-state index contributed by atoms with van der Waals surface area (Å²) in [5.74, 6) is -1.57. The third kappa shape index (κ3) is 3.87. The number of carbonyl (C=O) groups excluding carboxylic acids is 1. The Labute approximate surface area is 107 Å². The lowest BCUT2D eigenvalue weighted by Crippen LogP contribution is -2.49. The summed E-state index contributed by atoms with van der Waals surface area (Å²) in [4.78, 5) is 24.5. The van der Waals surface area contributed by atoms with Crippen LogP contribution in [0.1, 0.15) is 27.2 Å². The third-order valence-corrected chi connectivity index (χ3v) is 3.03. The number of rotatable bonds is 2. The Balaban J connectivity index is 2.65. The highest BCUT2D eigenvalue weighted by Gasteiger charge is 2.36. The topological polar surface area (TPSA) is 92.9 Å². The largest absolute Gasteiger partial charge is 0.481 e. The minimum atomic E-state index is -0.904. The Morgan fingerprint density at radius 3 is 2.50 bits per heavy atom. The van der Waals surface area contributed by atoms with Gasteiger partial charge in [-0.05, 0) is 39.7 Å². The molecular formula is C12H22N2O4. The summed E-state index contributed by atoms with van der Waals surface area (Å²) in [6.07, 6.45) is 0.149. The van der Waals surface area contributed by atoms with Gasteiger partial charge in [-0.1, -0.05) is 0 Å². The number of likely N-dealkylation sites (tertiary alicyclic amines) is 1. The first-order valence-corrected chi connectivity index (χ1v) is 6.15. The van der Waals surface area contributed by atoms with Crippen molar-refractivity contribution in [2.75, 3.05) is 19.6 Å². The van der Waals surface area contributed by atoms with Crippen molar-refractivity contribution >= 4 is 12.1 Å². The average molecular weight is 258 g/mol. The molecule has 1 aliphatic rings. The molecule has 1 aliphatic heterocycles. The quantitative estimate of drug-likeness (QED) is 0.767. The Morgan fingerprint density at radius 1 is 1.44 bits per heavy atom. The zero-order valence-electron chi connectivity index (χ0n) is 11.2. The molecule has 0 spiro atoms. The number of hydrogen-bond acceptors (Lipinski definition) is 4. The Bertz CT molecular complexity index is 325. The van der Waals surface area contributed by atoms with Gasteiger partial charge in [0.25, 0.3) is 0 Å². The van der Waals surface area contributed by atoms with Crippen LogP contribution in [0.3, 0.4) is 0 Å². The van der Waals surface area contributed by atoms with E-state index in [0.29, 0.717) is 19.5 Å². The monoisotopic (exact) mass is 258 g/mol. The van der Waals surface area contributed by atoms with Crippen LogP contribution in [0.4, 0.5) is 4.79 Å². The van der Waals surface area contributed by atoms with Gasteiger partial charge in [0.05, 0.1) is 5.92 Å². The van der Waals surface area contributed by atoms with Gasteiger partial charge < -0.3 is 20.5 Å². The van der Waals surface area contributed by atoms with Crippen molar-refractivity contribution in [3.63, 3.8) is 0 Å². The smallest absolute Gasteiger partial charge is 0.410 e. The number of aliphatic carboxylic acids is 1. The van der Waals surface area contributed by atoms with Crippen molar-refractivity contribution < 1.29 is 19.4 Å². The molecule has 0 aromatic rings.